The highest BCUT2D eigenvalue weighted by Gasteiger charge is 2.24. The van der Waals surface area contributed by atoms with Gasteiger partial charge in [0.15, 0.2) is 0 Å². The van der Waals surface area contributed by atoms with Crippen molar-refractivity contribution in [3.8, 4) is 0 Å². The lowest BCUT2D eigenvalue weighted by atomic mass is 9.89. The summed E-state index contributed by atoms with van der Waals surface area (Å²) in [7, 11) is 1.84. The minimum atomic E-state index is -0.902. The van der Waals surface area contributed by atoms with Gasteiger partial charge in [-0.15, -0.1) is 0 Å². The van der Waals surface area contributed by atoms with E-state index >= 15 is 0 Å². The molecule has 2 N–H and O–H groups in total. The Bertz CT molecular complexity index is 336. The standard InChI is InChI=1S/C12H18FNO/c1-9-8-10(13)4-5-11(9)12(2,15)6-7-14-3/h4-5,8,14-15H,6-7H2,1-3H3. The number of rotatable bonds is 4. The van der Waals surface area contributed by atoms with E-state index in [0.29, 0.717) is 6.42 Å². The Kier molecular flexibility index (Phi) is 3.83. The van der Waals surface area contributed by atoms with E-state index in [1.54, 1.807) is 13.0 Å². The molecule has 0 aliphatic heterocycles. The number of aliphatic hydroxyl groups is 1. The summed E-state index contributed by atoms with van der Waals surface area (Å²) in [5, 5.41) is 13.2. The van der Waals surface area contributed by atoms with Crippen molar-refractivity contribution in [3.05, 3.63) is 35.1 Å². The Balaban J connectivity index is 2.93. The lowest BCUT2D eigenvalue weighted by Crippen LogP contribution is -2.27. The summed E-state index contributed by atoms with van der Waals surface area (Å²) in [6, 6.07) is 4.49. The van der Waals surface area contributed by atoms with Gasteiger partial charge in [-0.1, -0.05) is 6.07 Å². The monoisotopic (exact) mass is 211 g/mol. The molecule has 1 aromatic carbocycles. The van der Waals surface area contributed by atoms with Gasteiger partial charge in [0.25, 0.3) is 0 Å². The van der Waals surface area contributed by atoms with Gasteiger partial charge in [0.2, 0.25) is 0 Å². The van der Waals surface area contributed by atoms with Crippen molar-refractivity contribution in [2.45, 2.75) is 25.9 Å². The molecule has 0 saturated carbocycles. The Morgan fingerprint density at radius 3 is 2.67 bits per heavy atom. The van der Waals surface area contributed by atoms with Gasteiger partial charge in [-0.25, -0.2) is 4.39 Å². The average molecular weight is 211 g/mol. The van der Waals surface area contributed by atoms with Gasteiger partial charge in [-0.05, 0) is 57.1 Å². The zero-order valence-corrected chi connectivity index (χ0v) is 9.47. The van der Waals surface area contributed by atoms with E-state index in [0.717, 1.165) is 17.7 Å². The molecule has 0 aromatic heterocycles. The van der Waals surface area contributed by atoms with Gasteiger partial charge in [0, 0.05) is 0 Å². The molecule has 0 saturated heterocycles. The molecule has 0 radical (unpaired) electrons. The molecule has 15 heavy (non-hydrogen) atoms. The quantitative estimate of drug-likeness (QED) is 0.798. The molecule has 0 aliphatic carbocycles. The molecule has 0 spiro atoms. The molecule has 1 atom stereocenters. The third kappa shape index (κ3) is 3.01. The van der Waals surface area contributed by atoms with Crippen LogP contribution in [0.1, 0.15) is 24.5 Å². The number of benzene rings is 1. The van der Waals surface area contributed by atoms with Gasteiger partial charge in [-0.3, -0.25) is 0 Å². The maximum atomic E-state index is 12.9. The highest BCUT2D eigenvalue weighted by Crippen LogP contribution is 2.27. The molecule has 1 aromatic rings. The summed E-state index contributed by atoms with van der Waals surface area (Å²) >= 11 is 0. The summed E-state index contributed by atoms with van der Waals surface area (Å²) in [6.07, 6.45) is 0.607. The second-order valence-corrected chi connectivity index (χ2v) is 4.09. The molecular weight excluding hydrogens is 193 g/mol. The third-order valence-electron chi connectivity index (χ3n) is 2.63. The fourth-order valence-corrected chi connectivity index (χ4v) is 1.73. The van der Waals surface area contributed by atoms with Crippen molar-refractivity contribution in [2.75, 3.05) is 13.6 Å². The van der Waals surface area contributed by atoms with Crippen molar-refractivity contribution in [1.29, 1.82) is 0 Å². The van der Waals surface area contributed by atoms with Crippen molar-refractivity contribution in [3.63, 3.8) is 0 Å². The Hall–Kier alpha value is -0.930. The van der Waals surface area contributed by atoms with E-state index in [2.05, 4.69) is 5.32 Å². The predicted octanol–water partition coefficient (Wildman–Crippen LogP) is 1.95. The molecular formula is C12H18FNO. The topological polar surface area (TPSA) is 32.3 Å². The number of halogens is 1. The summed E-state index contributed by atoms with van der Waals surface area (Å²) in [6.45, 7) is 4.29. The van der Waals surface area contributed by atoms with Crippen LogP contribution < -0.4 is 5.32 Å². The minimum absolute atomic E-state index is 0.263. The van der Waals surface area contributed by atoms with E-state index in [-0.39, 0.29) is 5.82 Å². The van der Waals surface area contributed by atoms with Crippen LogP contribution in [0.25, 0.3) is 0 Å². The molecule has 1 unspecified atom stereocenters. The second kappa shape index (κ2) is 4.73. The predicted molar refractivity (Wildman–Crippen MR) is 59.3 cm³/mol. The first kappa shape index (κ1) is 12.1. The zero-order valence-electron chi connectivity index (χ0n) is 9.47. The van der Waals surface area contributed by atoms with Crippen LogP contribution in [0, 0.1) is 12.7 Å². The normalized spacial score (nSPS) is 15.0. The van der Waals surface area contributed by atoms with Crippen molar-refractivity contribution in [2.24, 2.45) is 0 Å². The van der Waals surface area contributed by atoms with Crippen LogP contribution in [0.5, 0.6) is 0 Å². The summed E-state index contributed by atoms with van der Waals surface area (Å²) < 4.78 is 12.9. The first-order valence-electron chi connectivity index (χ1n) is 5.11. The molecule has 0 aliphatic rings. The van der Waals surface area contributed by atoms with Crippen LogP contribution in [-0.4, -0.2) is 18.7 Å². The Labute approximate surface area is 90.1 Å². The van der Waals surface area contributed by atoms with E-state index < -0.39 is 5.60 Å². The SMILES string of the molecule is CNCCC(C)(O)c1ccc(F)cc1C. The highest BCUT2D eigenvalue weighted by molar-refractivity contribution is 5.31. The van der Waals surface area contributed by atoms with Crippen LogP contribution in [0.2, 0.25) is 0 Å². The van der Waals surface area contributed by atoms with Crippen molar-refractivity contribution >= 4 is 0 Å². The molecule has 3 heteroatoms. The van der Waals surface area contributed by atoms with E-state index in [9.17, 15) is 9.50 Å². The summed E-state index contributed by atoms with van der Waals surface area (Å²) in [5.41, 5.74) is 0.677. The number of nitrogens with one attached hydrogen (secondary N) is 1. The molecule has 2 nitrogen and oxygen atoms in total. The number of aryl methyl sites for hydroxylation is 1. The summed E-state index contributed by atoms with van der Waals surface area (Å²) in [4.78, 5) is 0. The maximum Gasteiger partial charge on any atom is 0.123 e. The maximum absolute atomic E-state index is 12.9. The van der Waals surface area contributed by atoms with Crippen molar-refractivity contribution < 1.29 is 9.50 Å². The van der Waals surface area contributed by atoms with Crippen LogP contribution in [0.4, 0.5) is 4.39 Å². The molecule has 1 rings (SSSR count). The van der Waals surface area contributed by atoms with Gasteiger partial charge in [0.1, 0.15) is 5.82 Å². The molecule has 0 bridgehead atoms. The van der Waals surface area contributed by atoms with E-state index in [1.807, 2.05) is 14.0 Å². The lowest BCUT2D eigenvalue weighted by Gasteiger charge is -2.25. The Morgan fingerprint density at radius 1 is 1.47 bits per heavy atom. The van der Waals surface area contributed by atoms with E-state index in [4.69, 9.17) is 0 Å². The third-order valence-corrected chi connectivity index (χ3v) is 2.63. The summed E-state index contributed by atoms with van der Waals surface area (Å²) in [5.74, 6) is -0.263. The highest BCUT2D eigenvalue weighted by atomic mass is 19.1. The smallest absolute Gasteiger partial charge is 0.123 e. The van der Waals surface area contributed by atoms with E-state index in [1.165, 1.54) is 12.1 Å². The number of hydrogen-bond donors (Lipinski definition) is 2. The van der Waals surface area contributed by atoms with Gasteiger partial charge in [-0.2, -0.15) is 0 Å². The van der Waals surface area contributed by atoms with Crippen molar-refractivity contribution in [1.82, 2.24) is 5.32 Å². The van der Waals surface area contributed by atoms with Gasteiger partial charge >= 0.3 is 0 Å². The Morgan fingerprint density at radius 2 is 2.13 bits per heavy atom. The number of hydrogen-bond acceptors (Lipinski definition) is 2. The second-order valence-electron chi connectivity index (χ2n) is 4.09. The molecule has 0 amide bonds. The molecule has 84 valence electrons. The van der Waals surface area contributed by atoms with Crippen LogP contribution >= 0.6 is 0 Å². The zero-order chi connectivity index (χ0) is 11.5. The van der Waals surface area contributed by atoms with Crippen LogP contribution in [0.15, 0.2) is 18.2 Å². The first-order valence-corrected chi connectivity index (χ1v) is 5.11. The van der Waals surface area contributed by atoms with Gasteiger partial charge < -0.3 is 10.4 Å². The fourth-order valence-electron chi connectivity index (χ4n) is 1.73. The average Bonchev–Trinajstić information content (AvgIpc) is 2.14. The van der Waals surface area contributed by atoms with Crippen LogP contribution in [0.3, 0.4) is 0 Å². The lowest BCUT2D eigenvalue weighted by molar-refractivity contribution is 0.0478. The minimum Gasteiger partial charge on any atom is -0.385 e. The van der Waals surface area contributed by atoms with Gasteiger partial charge in [0.05, 0.1) is 5.60 Å². The molecule has 0 heterocycles. The largest absolute Gasteiger partial charge is 0.385 e. The molecule has 0 fully saturated rings. The van der Waals surface area contributed by atoms with Crippen LogP contribution in [-0.2, 0) is 5.60 Å². The first-order chi connectivity index (χ1) is 6.97. The fraction of sp³-hybridized carbons (Fsp3) is 0.500.